The van der Waals surface area contributed by atoms with Gasteiger partial charge in [0.15, 0.2) is 6.10 Å². The number of ether oxygens (including phenoxy) is 3. The Hall–Kier alpha value is -4.71. The second-order valence-electron chi connectivity index (χ2n) is 15.9. The fourth-order valence-corrected chi connectivity index (χ4v) is 6.22. The average Bonchev–Trinajstić information content (AvgIpc) is 3.29. The van der Waals surface area contributed by atoms with Gasteiger partial charge in [0.05, 0.1) is 0 Å². The molecule has 0 aliphatic heterocycles. The third kappa shape index (κ3) is 48.3. The minimum Gasteiger partial charge on any atom is -0.462 e. The molecule has 0 saturated carbocycles. The molecule has 1 unspecified atom stereocenters. The summed E-state index contributed by atoms with van der Waals surface area (Å²) in [5.41, 5.74) is 0. The number of allylic oxidation sites excluding steroid dienone is 24. The highest BCUT2D eigenvalue weighted by Crippen LogP contribution is 2.14. The van der Waals surface area contributed by atoms with Crippen molar-refractivity contribution in [1.29, 1.82) is 0 Å². The Morgan fingerprint density at radius 1 is 0.328 bits per heavy atom. The van der Waals surface area contributed by atoms with Crippen molar-refractivity contribution in [2.75, 3.05) is 13.2 Å². The van der Waals surface area contributed by atoms with Crippen LogP contribution in [0.4, 0.5) is 0 Å². The summed E-state index contributed by atoms with van der Waals surface area (Å²) in [7, 11) is 0. The van der Waals surface area contributed by atoms with Gasteiger partial charge < -0.3 is 14.2 Å². The first-order valence-electron chi connectivity index (χ1n) is 25.0. The molecular formula is C58H88O6. The van der Waals surface area contributed by atoms with E-state index in [4.69, 9.17) is 14.2 Å². The highest BCUT2D eigenvalue weighted by molar-refractivity contribution is 5.71. The zero-order chi connectivity index (χ0) is 46.5. The molecule has 6 nitrogen and oxygen atoms in total. The van der Waals surface area contributed by atoms with Crippen molar-refractivity contribution in [3.8, 4) is 0 Å². The maximum Gasteiger partial charge on any atom is 0.306 e. The summed E-state index contributed by atoms with van der Waals surface area (Å²) < 4.78 is 16.7. The summed E-state index contributed by atoms with van der Waals surface area (Å²) in [4.78, 5) is 37.9. The summed E-state index contributed by atoms with van der Waals surface area (Å²) in [6.45, 7) is 6.22. The minimum absolute atomic E-state index is 0.129. The minimum atomic E-state index is -0.830. The second-order valence-corrected chi connectivity index (χ2v) is 15.9. The van der Waals surface area contributed by atoms with Crippen LogP contribution in [0.3, 0.4) is 0 Å². The molecule has 0 N–H and O–H groups in total. The van der Waals surface area contributed by atoms with Crippen LogP contribution in [0.1, 0.15) is 181 Å². The molecule has 0 aromatic rings. The molecule has 0 fully saturated rings. The number of rotatable bonds is 42. The lowest BCUT2D eigenvalue weighted by atomic mass is 10.0. The summed E-state index contributed by atoms with van der Waals surface area (Å²) >= 11 is 0. The molecule has 0 aliphatic rings. The Morgan fingerprint density at radius 3 is 1.02 bits per heavy atom. The Labute approximate surface area is 391 Å². The first-order chi connectivity index (χ1) is 31.5. The van der Waals surface area contributed by atoms with Crippen molar-refractivity contribution in [3.05, 3.63) is 146 Å². The van der Waals surface area contributed by atoms with Gasteiger partial charge in [-0.3, -0.25) is 14.4 Å². The van der Waals surface area contributed by atoms with Crippen molar-refractivity contribution in [2.24, 2.45) is 0 Å². The molecule has 0 bridgehead atoms. The van der Waals surface area contributed by atoms with Crippen LogP contribution in [0.5, 0.6) is 0 Å². The molecule has 356 valence electrons. The number of unbranched alkanes of at least 4 members (excludes halogenated alkanes) is 17. The lowest BCUT2D eigenvalue weighted by Gasteiger charge is -2.18. The molecule has 0 amide bonds. The Bertz CT molecular complexity index is 1480. The molecule has 0 rings (SSSR count). The summed E-state index contributed by atoms with van der Waals surface area (Å²) in [6.07, 6.45) is 72.6. The predicted octanol–water partition coefficient (Wildman–Crippen LogP) is 16.5. The SMILES string of the molecule is CC/C=C/C=C/C=C/C=C/C=C/C=C/C=C/CCCCCC(=O)OCC(COC(=O)CCC/C=C/C=C/C=C/C=C/C=C/CC)OC(=O)CCCCCCCCCCCCCCCC. The zero-order valence-corrected chi connectivity index (χ0v) is 40.5. The molecule has 64 heavy (non-hydrogen) atoms. The van der Waals surface area contributed by atoms with Crippen molar-refractivity contribution < 1.29 is 28.6 Å². The van der Waals surface area contributed by atoms with Gasteiger partial charge in [-0.25, -0.2) is 0 Å². The quantitative estimate of drug-likeness (QED) is 0.0263. The van der Waals surface area contributed by atoms with Crippen LogP contribution in [0, 0.1) is 0 Å². The fraction of sp³-hybridized carbons (Fsp3) is 0.534. The van der Waals surface area contributed by atoms with Gasteiger partial charge in [-0.1, -0.05) is 256 Å². The Morgan fingerprint density at radius 2 is 0.625 bits per heavy atom. The summed E-state index contributed by atoms with van der Waals surface area (Å²) in [5, 5.41) is 0. The van der Waals surface area contributed by atoms with Gasteiger partial charge in [-0.2, -0.15) is 0 Å². The van der Waals surface area contributed by atoms with Gasteiger partial charge in [0.25, 0.3) is 0 Å². The van der Waals surface area contributed by atoms with E-state index in [1.54, 1.807) is 0 Å². The van der Waals surface area contributed by atoms with Gasteiger partial charge >= 0.3 is 17.9 Å². The first kappa shape index (κ1) is 59.3. The average molecular weight is 881 g/mol. The van der Waals surface area contributed by atoms with E-state index in [2.05, 4.69) is 39.0 Å². The molecule has 0 saturated heterocycles. The molecular weight excluding hydrogens is 793 g/mol. The molecule has 0 heterocycles. The van der Waals surface area contributed by atoms with Gasteiger partial charge in [0.1, 0.15) is 13.2 Å². The Kier molecular flexibility index (Phi) is 47.2. The Balaban J connectivity index is 4.60. The number of carbonyl (C=O) groups is 3. The fourth-order valence-electron chi connectivity index (χ4n) is 6.22. The van der Waals surface area contributed by atoms with E-state index in [0.717, 1.165) is 57.8 Å². The molecule has 1 atom stereocenters. The van der Waals surface area contributed by atoms with Crippen molar-refractivity contribution in [1.82, 2.24) is 0 Å². The number of hydrogen-bond acceptors (Lipinski definition) is 6. The standard InChI is InChI=1S/C58H88O6/c1-4-7-10-13-16-19-22-25-27-28-29-30-31-34-36-39-42-45-48-51-57(60)63-54-55(53-62-56(59)50-47-44-41-38-35-32-24-21-18-15-12-9-6-3)64-58(61)52-49-46-43-40-37-33-26-23-20-17-14-11-8-5-2/h7,9-10,12-13,15-16,18-19,21-22,24-25,27-32,34-36,38,41,55H,4-6,8,11,14,17,20,23,26,33,37,39-40,42-54H2,1-3H3/b10-7+,12-9+,16-13+,18-15+,22-19+,24-21+,27-25+,29-28+,31-30+,35-32+,36-34+,41-38+. The molecule has 0 aromatic heterocycles. The third-order valence-electron chi connectivity index (χ3n) is 9.91. The van der Waals surface area contributed by atoms with Crippen LogP contribution >= 0.6 is 0 Å². The van der Waals surface area contributed by atoms with E-state index in [1.807, 2.05) is 128 Å². The van der Waals surface area contributed by atoms with Crippen molar-refractivity contribution in [2.45, 2.75) is 187 Å². The summed E-state index contributed by atoms with van der Waals surface area (Å²) in [6, 6.07) is 0. The smallest absolute Gasteiger partial charge is 0.306 e. The third-order valence-corrected chi connectivity index (χ3v) is 9.91. The van der Waals surface area contributed by atoms with Gasteiger partial charge in [0, 0.05) is 19.3 Å². The van der Waals surface area contributed by atoms with Gasteiger partial charge in [0.2, 0.25) is 0 Å². The highest BCUT2D eigenvalue weighted by Gasteiger charge is 2.19. The number of hydrogen-bond donors (Lipinski definition) is 0. The topological polar surface area (TPSA) is 78.9 Å². The van der Waals surface area contributed by atoms with E-state index in [0.29, 0.717) is 19.3 Å². The van der Waals surface area contributed by atoms with Crippen molar-refractivity contribution in [3.63, 3.8) is 0 Å². The lowest BCUT2D eigenvalue weighted by Crippen LogP contribution is -2.30. The monoisotopic (exact) mass is 881 g/mol. The first-order valence-corrected chi connectivity index (χ1v) is 25.0. The van der Waals surface area contributed by atoms with E-state index >= 15 is 0 Å². The van der Waals surface area contributed by atoms with Crippen LogP contribution in [0.25, 0.3) is 0 Å². The van der Waals surface area contributed by atoms with Crippen LogP contribution in [-0.4, -0.2) is 37.2 Å². The predicted molar refractivity (Wildman–Crippen MR) is 274 cm³/mol. The van der Waals surface area contributed by atoms with Gasteiger partial charge in [-0.15, -0.1) is 0 Å². The van der Waals surface area contributed by atoms with Crippen LogP contribution < -0.4 is 0 Å². The normalized spacial score (nSPS) is 13.4. The van der Waals surface area contributed by atoms with E-state index in [9.17, 15) is 14.4 Å². The summed E-state index contributed by atoms with van der Waals surface area (Å²) in [5.74, 6) is -1.06. The number of carbonyl (C=O) groups excluding carboxylic acids is 3. The largest absolute Gasteiger partial charge is 0.462 e. The maximum atomic E-state index is 12.8. The van der Waals surface area contributed by atoms with E-state index < -0.39 is 6.10 Å². The highest BCUT2D eigenvalue weighted by atomic mass is 16.6. The van der Waals surface area contributed by atoms with Gasteiger partial charge in [-0.05, 0) is 51.4 Å². The molecule has 0 aliphatic carbocycles. The maximum absolute atomic E-state index is 12.8. The molecule has 0 spiro atoms. The number of esters is 3. The lowest BCUT2D eigenvalue weighted by molar-refractivity contribution is -0.167. The van der Waals surface area contributed by atoms with E-state index in [1.165, 1.54) is 70.6 Å². The van der Waals surface area contributed by atoms with Crippen molar-refractivity contribution >= 4 is 17.9 Å². The van der Waals surface area contributed by atoms with E-state index in [-0.39, 0.29) is 44.0 Å². The molecule has 0 radical (unpaired) electrons. The zero-order valence-electron chi connectivity index (χ0n) is 40.5. The van der Waals surface area contributed by atoms with Crippen LogP contribution in [-0.2, 0) is 28.6 Å². The molecule has 6 heteroatoms. The second kappa shape index (κ2) is 50.9. The van der Waals surface area contributed by atoms with Crippen LogP contribution in [0.15, 0.2) is 146 Å². The molecule has 0 aromatic carbocycles. The van der Waals surface area contributed by atoms with Crippen LogP contribution in [0.2, 0.25) is 0 Å².